The molecule has 2 rings (SSSR count). The zero-order valence-corrected chi connectivity index (χ0v) is 11.4. The third-order valence-electron chi connectivity index (χ3n) is 2.58. The Bertz CT molecular complexity index is 615. The minimum atomic E-state index is -0.354. The van der Waals surface area contributed by atoms with E-state index < -0.39 is 0 Å². The van der Waals surface area contributed by atoms with Crippen LogP contribution in [-0.4, -0.2) is 10.9 Å². The number of rotatable bonds is 3. The molecule has 1 heterocycles. The summed E-state index contributed by atoms with van der Waals surface area (Å²) in [4.78, 5) is 16.9. The number of hydrogen-bond donors (Lipinski definition) is 1. The Morgan fingerprint density at radius 1 is 1.37 bits per heavy atom. The molecule has 1 amide bonds. The third-order valence-corrected chi connectivity index (χ3v) is 3.57. The average molecular weight is 276 g/mol. The predicted molar refractivity (Wildman–Crippen MR) is 75.7 cm³/mol. The van der Waals surface area contributed by atoms with E-state index in [0.29, 0.717) is 10.7 Å². The van der Waals surface area contributed by atoms with Crippen LogP contribution < -0.4 is 5.32 Å². The van der Waals surface area contributed by atoms with Crippen molar-refractivity contribution in [3.05, 3.63) is 52.3 Å². The van der Waals surface area contributed by atoms with Crippen molar-refractivity contribution in [2.45, 2.75) is 13.8 Å². The van der Waals surface area contributed by atoms with Crippen LogP contribution in [0.2, 0.25) is 0 Å². The molecule has 0 saturated heterocycles. The standard InChI is InChI=1S/C14H13FN2OS/c1-9-10(2)19-14(16-9)17-13(18)8-7-11-5-3-4-6-12(11)15/h3-8H,1-2H3,(H,16,17,18)/b8-7+. The summed E-state index contributed by atoms with van der Waals surface area (Å²) in [6.45, 7) is 3.83. The maximum atomic E-state index is 13.3. The molecule has 1 N–H and O–H groups in total. The molecule has 0 fully saturated rings. The lowest BCUT2D eigenvalue weighted by atomic mass is 10.2. The quantitative estimate of drug-likeness (QED) is 0.871. The van der Waals surface area contributed by atoms with Crippen molar-refractivity contribution in [3.63, 3.8) is 0 Å². The predicted octanol–water partition coefficient (Wildman–Crippen LogP) is 3.55. The second-order valence-corrected chi connectivity index (χ2v) is 5.21. The summed E-state index contributed by atoms with van der Waals surface area (Å²) in [6.07, 6.45) is 2.74. The Kier molecular flexibility index (Phi) is 4.06. The summed E-state index contributed by atoms with van der Waals surface area (Å²) in [5, 5.41) is 3.21. The van der Waals surface area contributed by atoms with E-state index in [4.69, 9.17) is 0 Å². The number of hydrogen-bond acceptors (Lipinski definition) is 3. The lowest BCUT2D eigenvalue weighted by Gasteiger charge is -1.97. The Morgan fingerprint density at radius 3 is 2.74 bits per heavy atom. The van der Waals surface area contributed by atoms with Crippen molar-refractivity contribution in [2.24, 2.45) is 0 Å². The number of amides is 1. The van der Waals surface area contributed by atoms with E-state index in [0.717, 1.165) is 10.6 Å². The second-order valence-electron chi connectivity index (χ2n) is 4.00. The fourth-order valence-electron chi connectivity index (χ4n) is 1.45. The van der Waals surface area contributed by atoms with Gasteiger partial charge in [0.2, 0.25) is 5.91 Å². The molecule has 0 spiro atoms. The van der Waals surface area contributed by atoms with Crippen molar-refractivity contribution < 1.29 is 9.18 Å². The van der Waals surface area contributed by atoms with E-state index in [9.17, 15) is 9.18 Å². The van der Waals surface area contributed by atoms with Crippen LogP contribution in [0.25, 0.3) is 6.08 Å². The van der Waals surface area contributed by atoms with Gasteiger partial charge in [0.1, 0.15) is 5.82 Å². The molecule has 0 atom stereocenters. The van der Waals surface area contributed by atoms with Gasteiger partial charge in [-0.05, 0) is 26.0 Å². The summed E-state index contributed by atoms with van der Waals surface area (Å²) in [5.41, 5.74) is 1.28. The number of nitrogens with one attached hydrogen (secondary N) is 1. The van der Waals surface area contributed by atoms with Crippen LogP contribution in [0.5, 0.6) is 0 Å². The van der Waals surface area contributed by atoms with Gasteiger partial charge in [-0.1, -0.05) is 18.2 Å². The fraction of sp³-hybridized carbons (Fsp3) is 0.143. The number of anilines is 1. The molecule has 3 nitrogen and oxygen atoms in total. The van der Waals surface area contributed by atoms with Crippen LogP contribution in [0.4, 0.5) is 9.52 Å². The first-order chi connectivity index (χ1) is 9.06. The Balaban J connectivity index is 2.04. The number of thiazole rings is 1. The fourth-order valence-corrected chi connectivity index (χ4v) is 2.27. The van der Waals surface area contributed by atoms with Crippen LogP contribution in [0.15, 0.2) is 30.3 Å². The second kappa shape index (κ2) is 5.75. The Hall–Kier alpha value is -2.01. The van der Waals surface area contributed by atoms with E-state index in [1.807, 2.05) is 13.8 Å². The molecule has 2 aromatic rings. The number of nitrogens with zero attached hydrogens (tertiary/aromatic N) is 1. The summed E-state index contributed by atoms with van der Waals surface area (Å²) < 4.78 is 13.3. The van der Waals surface area contributed by atoms with Crippen molar-refractivity contribution in [2.75, 3.05) is 5.32 Å². The highest BCUT2D eigenvalue weighted by molar-refractivity contribution is 7.15. The monoisotopic (exact) mass is 276 g/mol. The first-order valence-corrected chi connectivity index (χ1v) is 6.55. The van der Waals surface area contributed by atoms with E-state index in [-0.39, 0.29) is 11.7 Å². The van der Waals surface area contributed by atoms with Gasteiger partial charge in [0.25, 0.3) is 0 Å². The highest BCUT2D eigenvalue weighted by Crippen LogP contribution is 2.21. The number of halogens is 1. The lowest BCUT2D eigenvalue weighted by Crippen LogP contribution is -2.07. The van der Waals surface area contributed by atoms with Crippen LogP contribution >= 0.6 is 11.3 Å². The lowest BCUT2D eigenvalue weighted by molar-refractivity contribution is -0.111. The molecule has 0 aliphatic heterocycles. The largest absolute Gasteiger partial charge is 0.298 e. The molecule has 1 aromatic heterocycles. The summed E-state index contributed by atoms with van der Waals surface area (Å²) in [5.74, 6) is -0.676. The highest BCUT2D eigenvalue weighted by atomic mass is 32.1. The van der Waals surface area contributed by atoms with Crippen molar-refractivity contribution in [1.82, 2.24) is 4.98 Å². The van der Waals surface area contributed by atoms with Crippen LogP contribution in [0.3, 0.4) is 0 Å². The molecule has 0 radical (unpaired) electrons. The number of aromatic nitrogens is 1. The Morgan fingerprint density at radius 2 is 2.11 bits per heavy atom. The van der Waals surface area contributed by atoms with Crippen LogP contribution in [0.1, 0.15) is 16.1 Å². The average Bonchev–Trinajstić information content (AvgIpc) is 2.67. The van der Waals surface area contributed by atoms with Crippen molar-refractivity contribution in [1.29, 1.82) is 0 Å². The first kappa shape index (κ1) is 13.4. The molecule has 98 valence electrons. The van der Waals surface area contributed by atoms with E-state index in [1.165, 1.54) is 29.6 Å². The van der Waals surface area contributed by atoms with Gasteiger partial charge in [0.15, 0.2) is 5.13 Å². The third kappa shape index (κ3) is 3.48. The van der Waals surface area contributed by atoms with Gasteiger partial charge >= 0.3 is 0 Å². The molecule has 0 aliphatic carbocycles. The zero-order chi connectivity index (χ0) is 13.8. The van der Waals surface area contributed by atoms with Crippen LogP contribution in [0, 0.1) is 19.7 Å². The topological polar surface area (TPSA) is 42.0 Å². The molecule has 19 heavy (non-hydrogen) atoms. The van der Waals surface area contributed by atoms with Gasteiger partial charge in [-0.15, -0.1) is 11.3 Å². The van der Waals surface area contributed by atoms with Gasteiger partial charge in [-0.3, -0.25) is 10.1 Å². The van der Waals surface area contributed by atoms with E-state index in [2.05, 4.69) is 10.3 Å². The minimum absolute atomic E-state index is 0.322. The molecule has 0 aliphatic rings. The molecule has 1 aromatic carbocycles. The van der Waals surface area contributed by atoms with Crippen LogP contribution in [-0.2, 0) is 4.79 Å². The van der Waals surface area contributed by atoms with Gasteiger partial charge in [-0.2, -0.15) is 0 Å². The normalized spacial score (nSPS) is 10.9. The number of benzene rings is 1. The van der Waals surface area contributed by atoms with Crippen molar-refractivity contribution >= 4 is 28.5 Å². The molecule has 0 saturated carbocycles. The van der Waals surface area contributed by atoms with Crippen molar-refractivity contribution in [3.8, 4) is 0 Å². The molecule has 0 bridgehead atoms. The SMILES string of the molecule is Cc1nc(NC(=O)/C=C/c2ccccc2F)sc1C. The molecule has 0 unspecified atom stereocenters. The Labute approximate surface area is 114 Å². The van der Waals surface area contributed by atoms with Gasteiger partial charge in [-0.25, -0.2) is 9.37 Å². The highest BCUT2D eigenvalue weighted by Gasteiger charge is 2.05. The molecular weight excluding hydrogens is 263 g/mol. The minimum Gasteiger partial charge on any atom is -0.298 e. The summed E-state index contributed by atoms with van der Waals surface area (Å²) in [6, 6.07) is 6.28. The van der Waals surface area contributed by atoms with E-state index in [1.54, 1.807) is 18.2 Å². The first-order valence-electron chi connectivity index (χ1n) is 5.74. The molecular formula is C14H13FN2OS. The summed E-state index contributed by atoms with van der Waals surface area (Å²) >= 11 is 1.42. The zero-order valence-electron chi connectivity index (χ0n) is 10.6. The van der Waals surface area contributed by atoms with Gasteiger partial charge in [0.05, 0.1) is 5.69 Å². The maximum absolute atomic E-state index is 13.3. The maximum Gasteiger partial charge on any atom is 0.250 e. The van der Waals surface area contributed by atoms with E-state index >= 15 is 0 Å². The van der Waals surface area contributed by atoms with Gasteiger partial charge in [0, 0.05) is 16.5 Å². The number of carbonyl (C=O) groups excluding carboxylic acids is 1. The van der Waals surface area contributed by atoms with Gasteiger partial charge < -0.3 is 0 Å². The summed E-state index contributed by atoms with van der Waals surface area (Å²) in [7, 11) is 0. The number of aryl methyl sites for hydroxylation is 2. The number of carbonyl (C=O) groups is 1. The smallest absolute Gasteiger partial charge is 0.250 e. The molecule has 5 heteroatoms.